The normalized spacial score (nSPS) is 28.5. The van der Waals surface area contributed by atoms with Crippen LogP contribution < -0.4 is 0 Å². The van der Waals surface area contributed by atoms with E-state index in [1.54, 1.807) is 0 Å². The lowest BCUT2D eigenvalue weighted by molar-refractivity contribution is 0.182. The topological polar surface area (TPSA) is 24.3 Å². The van der Waals surface area contributed by atoms with Gasteiger partial charge >= 0.3 is 0 Å². The van der Waals surface area contributed by atoms with Gasteiger partial charge in [-0.05, 0) is 50.8 Å². The Morgan fingerprint density at radius 2 is 1.80 bits per heavy atom. The molecule has 0 spiro atoms. The van der Waals surface area contributed by atoms with Gasteiger partial charge in [-0.1, -0.05) is 0 Å². The molecule has 20 heavy (non-hydrogen) atoms. The average molecular weight is 274 g/mol. The molecule has 3 aliphatic rings. The lowest BCUT2D eigenvalue weighted by Gasteiger charge is -2.27. The molecule has 0 N–H and O–H groups in total. The fourth-order valence-corrected chi connectivity index (χ4v) is 3.87. The number of fused-ring (bicyclic) bond motifs is 1. The van der Waals surface area contributed by atoms with Crippen LogP contribution >= 0.6 is 0 Å². The maximum absolute atomic E-state index is 4.54. The lowest BCUT2D eigenvalue weighted by Crippen LogP contribution is -2.36. The van der Waals surface area contributed by atoms with Crippen LogP contribution in [-0.4, -0.2) is 52.3 Å². The zero-order valence-corrected chi connectivity index (χ0v) is 12.4. The molecular formula is C16H26N4. The average Bonchev–Trinajstić information content (AvgIpc) is 2.95. The van der Waals surface area contributed by atoms with E-state index in [9.17, 15) is 0 Å². The highest BCUT2D eigenvalue weighted by Crippen LogP contribution is 2.31. The summed E-state index contributed by atoms with van der Waals surface area (Å²) in [5.74, 6) is 1.73. The van der Waals surface area contributed by atoms with Crippen molar-refractivity contribution in [3.05, 3.63) is 18.0 Å². The van der Waals surface area contributed by atoms with Crippen molar-refractivity contribution in [3.8, 4) is 0 Å². The summed E-state index contributed by atoms with van der Waals surface area (Å²) >= 11 is 0. The van der Waals surface area contributed by atoms with Gasteiger partial charge in [-0.3, -0.25) is 9.58 Å². The molecule has 0 bridgehead atoms. The molecule has 4 nitrogen and oxygen atoms in total. The zero-order chi connectivity index (χ0) is 13.4. The molecule has 3 heterocycles. The Morgan fingerprint density at radius 1 is 1.00 bits per heavy atom. The van der Waals surface area contributed by atoms with Crippen LogP contribution in [0.3, 0.4) is 0 Å². The molecule has 4 rings (SSSR count). The number of likely N-dealkylation sites (tertiary alicyclic amines) is 1. The van der Waals surface area contributed by atoms with E-state index in [0.717, 1.165) is 24.9 Å². The van der Waals surface area contributed by atoms with Crippen LogP contribution in [0, 0.1) is 11.8 Å². The predicted octanol–water partition coefficient (Wildman–Crippen LogP) is 1.82. The Labute approximate surface area is 121 Å². The fourth-order valence-electron chi connectivity index (χ4n) is 3.87. The SMILES string of the molecule is c1cc2n(n1)C[C@@H](CN1CCCC1)CN(CC1CC1)C2. The van der Waals surface area contributed by atoms with E-state index in [1.807, 2.05) is 6.20 Å². The molecule has 1 aliphatic carbocycles. The van der Waals surface area contributed by atoms with Gasteiger partial charge in [-0.15, -0.1) is 0 Å². The van der Waals surface area contributed by atoms with Gasteiger partial charge in [0.2, 0.25) is 0 Å². The molecule has 0 aromatic carbocycles. The molecule has 2 aliphatic heterocycles. The molecule has 0 amide bonds. The standard InChI is InChI=1S/C16H26N4/c1-2-8-18(7-1)10-15-11-19(9-14-3-4-14)13-16-5-6-17-20(16)12-15/h5-6,14-15H,1-4,7-13H2/t15-/m0/s1. The summed E-state index contributed by atoms with van der Waals surface area (Å²) < 4.78 is 2.26. The molecule has 1 saturated heterocycles. The third-order valence-corrected chi connectivity index (χ3v) is 5.07. The van der Waals surface area contributed by atoms with E-state index >= 15 is 0 Å². The molecule has 4 heteroatoms. The minimum atomic E-state index is 0.744. The van der Waals surface area contributed by atoms with Gasteiger partial charge in [-0.2, -0.15) is 5.10 Å². The molecule has 1 aromatic heterocycles. The Bertz CT molecular complexity index is 445. The van der Waals surface area contributed by atoms with Gasteiger partial charge in [0, 0.05) is 44.8 Å². The van der Waals surface area contributed by atoms with Crippen LogP contribution in [0.4, 0.5) is 0 Å². The third kappa shape index (κ3) is 2.91. The predicted molar refractivity (Wildman–Crippen MR) is 79.4 cm³/mol. The smallest absolute Gasteiger partial charge is 0.0524 e. The second kappa shape index (κ2) is 5.49. The van der Waals surface area contributed by atoms with Crippen LogP contribution in [-0.2, 0) is 13.1 Å². The van der Waals surface area contributed by atoms with Gasteiger partial charge in [0.05, 0.1) is 5.69 Å². The molecule has 1 saturated carbocycles. The summed E-state index contributed by atoms with van der Waals surface area (Å²) in [5.41, 5.74) is 1.41. The first kappa shape index (κ1) is 12.8. The molecular weight excluding hydrogens is 248 g/mol. The minimum Gasteiger partial charge on any atom is -0.303 e. The summed E-state index contributed by atoms with van der Waals surface area (Å²) in [6.07, 6.45) is 7.67. The maximum atomic E-state index is 4.54. The van der Waals surface area contributed by atoms with Crippen molar-refractivity contribution >= 4 is 0 Å². The van der Waals surface area contributed by atoms with Crippen molar-refractivity contribution in [3.63, 3.8) is 0 Å². The van der Waals surface area contributed by atoms with E-state index in [0.29, 0.717) is 0 Å². The summed E-state index contributed by atoms with van der Waals surface area (Å²) in [7, 11) is 0. The van der Waals surface area contributed by atoms with Crippen molar-refractivity contribution in [1.82, 2.24) is 19.6 Å². The molecule has 0 unspecified atom stereocenters. The summed E-state index contributed by atoms with van der Waals surface area (Å²) in [6.45, 7) is 8.67. The van der Waals surface area contributed by atoms with Crippen LogP contribution in [0.5, 0.6) is 0 Å². The van der Waals surface area contributed by atoms with Gasteiger partial charge < -0.3 is 4.90 Å². The molecule has 110 valence electrons. The second-order valence-corrected chi connectivity index (χ2v) is 7.02. The number of hydrogen-bond acceptors (Lipinski definition) is 3. The Hall–Kier alpha value is -0.870. The first-order valence-corrected chi connectivity index (χ1v) is 8.32. The largest absolute Gasteiger partial charge is 0.303 e. The highest BCUT2D eigenvalue weighted by atomic mass is 15.3. The van der Waals surface area contributed by atoms with E-state index in [1.165, 1.54) is 64.1 Å². The number of nitrogens with zero attached hydrogens (tertiary/aromatic N) is 4. The van der Waals surface area contributed by atoms with Crippen LogP contribution in [0.25, 0.3) is 0 Å². The van der Waals surface area contributed by atoms with Crippen LogP contribution in [0.2, 0.25) is 0 Å². The summed E-state index contributed by atoms with van der Waals surface area (Å²) in [4.78, 5) is 5.35. The molecule has 2 fully saturated rings. The number of aromatic nitrogens is 2. The Kier molecular flexibility index (Phi) is 3.52. The first-order chi connectivity index (χ1) is 9.87. The Balaban J connectivity index is 1.46. The fraction of sp³-hybridized carbons (Fsp3) is 0.812. The monoisotopic (exact) mass is 274 g/mol. The van der Waals surface area contributed by atoms with Gasteiger partial charge in [0.15, 0.2) is 0 Å². The molecule has 1 atom stereocenters. The van der Waals surface area contributed by atoms with Gasteiger partial charge in [-0.25, -0.2) is 0 Å². The van der Waals surface area contributed by atoms with Gasteiger partial charge in [0.25, 0.3) is 0 Å². The van der Waals surface area contributed by atoms with Crippen molar-refractivity contribution in [2.24, 2.45) is 11.8 Å². The van der Waals surface area contributed by atoms with Crippen molar-refractivity contribution in [2.45, 2.75) is 38.8 Å². The van der Waals surface area contributed by atoms with Gasteiger partial charge in [0.1, 0.15) is 0 Å². The molecule has 1 aromatic rings. The zero-order valence-electron chi connectivity index (χ0n) is 12.4. The van der Waals surface area contributed by atoms with Crippen molar-refractivity contribution in [2.75, 3.05) is 32.7 Å². The van der Waals surface area contributed by atoms with E-state index in [4.69, 9.17) is 0 Å². The second-order valence-electron chi connectivity index (χ2n) is 7.02. The first-order valence-electron chi connectivity index (χ1n) is 8.32. The molecule has 0 radical (unpaired) electrons. The highest BCUT2D eigenvalue weighted by Gasteiger charge is 2.29. The van der Waals surface area contributed by atoms with Crippen molar-refractivity contribution in [1.29, 1.82) is 0 Å². The maximum Gasteiger partial charge on any atom is 0.0524 e. The third-order valence-electron chi connectivity index (χ3n) is 5.07. The van der Waals surface area contributed by atoms with E-state index < -0.39 is 0 Å². The summed E-state index contributed by atoms with van der Waals surface area (Å²) in [5, 5.41) is 4.54. The highest BCUT2D eigenvalue weighted by molar-refractivity contribution is 5.03. The number of hydrogen-bond donors (Lipinski definition) is 0. The van der Waals surface area contributed by atoms with E-state index in [-0.39, 0.29) is 0 Å². The van der Waals surface area contributed by atoms with Crippen LogP contribution in [0.15, 0.2) is 12.3 Å². The summed E-state index contributed by atoms with van der Waals surface area (Å²) in [6, 6.07) is 2.21. The van der Waals surface area contributed by atoms with Crippen LogP contribution in [0.1, 0.15) is 31.4 Å². The Morgan fingerprint density at radius 3 is 2.60 bits per heavy atom. The van der Waals surface area contributed by atoms with E-state index in [2.05, 4.69) is 25.6 Å². The lowest BCUT2D eigenvalue weighted by atomic mass is 10.1. The van der Waals surface area contributed by atoms with Crippen molar-refractivity contribution < 1.29 is 0 Å². The minimum absolute atomic E-state index is 0.744. The quantitative estimate of drug-likeness (QED) is 0.837. The number of rotatable bonds is 4.